The third-order valence-electron chi connectivity index (χ3n) is 4.52. The zero-order valence-electron chi connectivity index (χ0n) is 15.9. The largest absolute Gasteiger partial charge is 0.354 e. The van der Waals surface area contributed by atoms with Crippen molar-refractivity contribution in [1.29, 1.82) is 0 Å². The van der Waals surface area contributed by atoms with Crippen molar-refractivity contribution in [1.82, 2.24) is 10.2 Å². The normalized spacial score (nSPS) is 11.7. The lowest BCUT2D eigenvalue weighted by atomic mass is 10.0. The number of benzene rings is 2. The van der Waals surface area contributed by atoms with E-state index in [1.54, 1.807) is 11.8 Å². The third-order valence-corrected chi connectivity index (χ3v) is 4.52. The highest BCUT2D eigenvalue weighted by Gasteiger charge is 2.26. The number of hydrogen-bond acceptors (Lipinski definition) is 2. The van der Waals surface area contributed by atoms with Crippen molar-refractivity contribution in [3.05, 3.63) is 71.3 Å². The van der Waals surface area contributed by atoms with Gasteiger partial charge < -0.3 is 10.2 Å². The molecule has 0 saturated heterocycles. The van der Waals surface area contributed by atoms with Crippen molar-refractivity contribution in [3.8, 4) is 0 Å². The van der Waals surface area contributed by atoms with Crippen LogP contribution in [0.25, 0.3) is 0 Å². The van der Waals surface area contributed by atoms with Gasteiger partial charge in [-0.25, -0.2) is 0 Å². The lowest BCUT2D eigenvalue weighted by molar-refractivity contribution is -0.140. The fraction of sp³-hybridized carbons (Fsp3) is 0.364. The van der Waals surface area contributed by atoms with E-state index in [2.05, 4.69) is 5.32 Å². The lowest BCUT2D eigenvalue weighted by Crippen LogP contribution is -2.48. The van der Waals surface area contributed by atoms with Crippen LogP contribution in [0.15, 0.2) is 54.6 Å². The SMILES string of the molecule is CCCNC(=O)[C@@H](C)N(Cc1ccccc1)C(=O)Cc1ccccc1C. The monoisotopic (exact) mass is 352 g/mol. The molecule has 0 bridgehead atoms. The molecule has 26 heavy (non-hydrogen) atoms. The zero-order chi connectivity index (χ0) is 18.9. The van der Waals surface area contributed by atoms with Gasteiger partial charge in [-0.3, -0.25) is 9.59 Å². The zero-order valence-corrected chi connectivity index (χ0v) is 15.9. The molecule has 0 heterocycles. The summed E-state index contributed by atoms with van der Waals surface area (Å²) >= 11 is 0. The second-order valence-corrected chi connectivity index (χ2v) is 6.58. The molecule has 2 rings (SSSR count). The summed E-state index contributed by atoms with van der Waals surface area (Å²) in [7, 11) is 0. The molecule has 0 aliphatic carbocycles. The van der Waals surface area contributed by atoms with Crippen LogP contribution in [0.5, 0.6) is 0 Å². The van der Waals surface area contributed by atoms with E-state index < -0.39 is 6.04 Å². The van der Waals surface area contributed by atoms with Crippen molar-refractivity contribution in [3.63, 3.8) is 0 Å². The van der Waals surface area contributed by atoms with Crippen LogP contribution in [0.3, 0.4) is 0 Å². The standard InChI is InChI=1S/C22H28N2O2/c1-4-14-23-22(26)18(3)24(16-19-11-6-5-7-12-19)21(25)15-20-13-9-8-10-17(20)2/h5-13,18H,4,14-16H2,1-3H3,(H,23,26)/t18-/m1/s1. The van der Waals surface area contributed by atoms with Gasteiger partial charge in [0.25, 0.3) is 0 Å². The summed E-state index contributed by atoms with van der Waals surface area (Å²) in [5.74, 6) is -0.150. The molecule has 2 aromatic carbocycles. The second kappa shape index (κ2) is 9.76. The molecule has 0 radical (unpaired) electrons. The second-order valence-electron chi connectivity index (χ2n) is 6.58. The van der Waals surface area contributed by atoms with E-state index in [0.717, 1.165) is 23.1 Å². The Morgan fingerprint density at radius 3 is 2.35 bits per heavy atom. The third kappa shape index (κ3) is 5.45. The molecule has 138 valence electrons. The first-order valence-corrected chi connectivity index (χ1v) is 9.18. The average Bonchev–Trinajstić information content (AvgIpc) is 2.66. The van der Waals surface area contributed by atoms with Gasteiger partial charge in [0, 0.05) is 13.1 Å². The van der Waals surface area contributed by atoms with Crippen LogP contribution in [0.2, 0.25) is 0 Å². The van der Waals surface area contributed by atoms with E-state index in [1.807, 2.05) is 68.4 Å². The number of nitrogens with zero attached hydrogens (tertiary/aromatic N) is 1. The Labute approximate surface area is 156 Å². The van der Waals surface area contributed by atoms with E-state index >= 15 is 0 Å². The minimum absolute atomic E-state index is 0.0395. The van der Waals surface area contributed by atoms with Gasteiger partial charge in [0.1, 0.15) is 6.04 Å². The van der Waals surface area contributed by atoms with Crippen molar-refractivity contribution in [2.45, 2.75) is 46.2 Å². The molecule has 0 saturated carbocycles. The summed E-state index contributed by atoms with van der Waals surface area (Å²) in [5, 5.41) is 2.90. The first-order valence-electron chi connectivity index (χ1n) is 9.18. The molecule has 0 fully saturated rings. The molecule has 0 aromatic heterocycles. The predicted octanol–water partition coefficient (Wildman–Crippen LogP) is 3.48. The van der Waals surface area contributed by atoms with Gasteiger partial charge in [0.15, 0.2) is 0 Å². The van der Waals surface area contributed by atoms with Crippen LogP contribution >= 0.6 is 0 Å². The molecule has 0 aliphatic rings. The molecule has 0 aliphatic heterocycles. The van der Waals surface area contributed by atoms with Crippen LogP contribution in [0, 0.1) is 6.92 Å². The molecule has 2 aromatic rings. The maximum atomic E-state index is 13.0. The summed E-state index contributed by atoms with van der Waals surface area (Å²) in [4.78, 5) is 27.2. The highest BCUT2D eigenvalue weighted by atomic mass is 16.2. The highest BCUT2D eigenvalue weighted by molar-refractivity contribution is 5.88. The van der Waals surface area contributed by atoms with Crippen molar-refractivity contribution in [2.24, 2.45) is 0 Å². The lowest BCUT2D eigenvalue weighted by Gasteiger charge is -2.29. The van der Waals surface area contributed by atoms with E-state index in [-0.39, 0.29) is 11.8 Å². The van der Waals surface area contributed by atoms with Crippen LogP contribution in [0.1, 0.15) is 37.0 Å². The van der Waals surface area contributed by atoms with Gasteiger partial charge in [0.2, 0.25) is 11.8 Å². The summed E-state index contributed by atoms with van der Waals surface area (Å²) in [6, 6.07) is 17.1. The van der Waals surface area contributed by atoms with E-state index in [1.165, 1.54) is 0 Å². The maximum Gasteiger partial charge on any atom is 0.242 e. The number of amides is 2. The summed E-state index contributed by atoms with van der Waals surface area (Å²) in [6.45, 7) is 6.85. The van der Waals surface area contributed by atoms with Gasteiger partial charge in [-0.1, -0.05) is 61.5 Å². The van der Waals surface area contributed by atoms with E-state index in [9.17, 15) is 9.59 Å². The number of aryl methyl sites for hydroxylation is 1. The number of carbonyl (C=O) groups excluding carboxylic acids is 2. The van der Waals surface area contributed by atoms with Gasteiger partial charge in [-0.05, 0) is 37.0 Å². The fourth-order valence-electron chi connectivity index (χ4n) is 2.83. The number of nitrogens with one attached hydrogen (secondary N) is 1. The quantitative estimate of drug-likeness (QED) is 0.791. The van der Waals surface area contributed by atoms with Gasteiger partial charge in [-0.15, -0.1) is 0 Å². The first-order chi connectivity index (χ1) is 12.5. The number of carbonyl (C=O) groups is 2. The van der Waals surface area contributed by atoms with Crippen molar-refractivity contribution >= 4 is 11.8 Å². The molecule has 1 atom stereocenters. The Morgan fingerprint density at radius 2 is 1.69 bits per heavy atom. The Bertz CT molecular complexity index is 728. The molecule has 1 N–H and O–H groups in total. The number of rotatable bonds is 8. The minimum Gasteiger partial charge on any atom is -0.354 e. The smallest absolute Gasteiger partial charge is 0.242 e. The summed E-state index contributed by atoms with van der Waals surface area (Å²) in [6.07, 6.45) is 1.17. The molecule has 0 unspecified atom stereocenters. The Balaban J connectivity index is 2.19. The highest BCUT2D eigenvalue weighted by Crippen LogP contribution is 2.14. The molecule has 4 heteroatoms. The van der Waals surface area contributed by atoms with Crippen LogP contribution in [-0.2, 0) is 22.6 Å². The summed E-state index contributed by atoms with van der Waals surface area (Å²) < 4.78 is 0. The van der Waals surface area contributed by atoms with Crippen LogP contribution < -0.4 is 5.32 Å². The topological polar surface area (TPSA) is 49.4 Å². The minimum atomic E-state index is -0.515. The Hall–Kier alpha value is -2.62. The Morgan fingerprint density at radius 1 is 1.04 bits per heavy atom. The van der Waals surface area contributed by atoms with E-state index in [4.69, 9.17) is 0 Å². The van der Waals surface area contributed by atoms with Gasteiger partial charge in [-0.2, -0.15) is 0 Å². The average molecular weight is 352 g/mol. The molecular weight excluding hydrogens is 324 g/mol. The number of hydrogen-bond donors (Lipinski definition) is 1. The van der Waals surface area contributed by atoms with Crippen LogP contribution in [0.4, 0.5) is 0 Å². The van der Waals surface area contributed by atoms with E-state index in [0.29, 0.717) is 19.5 Å². The first kappa shape index (κ1) is 19.7. The molecule has 0 spiro atoms. The van der Waals surface area contributed by atoms with Crippen molar-refractivity contribution < 1.29 is 9.59 Å². The van der Waals surface area contributed by atoms with Crippen molar-refractivity contribution in [2.75, 3.05) is 6.54 Å². The molecular formula is C22H28N2O2. The predicted molar refractivity (Wildman–Crippen MR) is 105 cm³/mol. The maximum absolute atomic E-state index is 13.0. The molecule has 4 nitrogen and oxygen atoms in total. The van der Waals surface area contributed by atoms with Gasteiger partial charge in [0.05, 0.1) is 6.42 Å². The van der Waals surface area contributed by atoms with Crippen LogP contribution in [-0.4, -0.2) is 29.3 Å². The molecule has 2 amide bonds. The van der Waals surface area contributed by atoms with Gasteiger partial charge >= 0.3 is 0 Å². The Kier molecular flexibility index (Phi) is 7.39. The fourth-order valence-corrected chi connectivity index (χ4v) is 2.83. The summed E-state index contributed by atoms with van der Waals surface area (Å²) in [5.41, 5.74) is 3.10.